The largest absolute Gasteiger partial charge is 0.392 e. The van der Waals surface area contributed by atoms with Crippen molar-refractivity contribution in [2.75, 3.05) is 0 Å². The lowest BCUT2D eigenvalue weighted by Gasteiger charge is -2.06. The second-order valence-electron chi connectivity index (χ2n) is 4.62. The number of aryl methyl sites for hydroxylation is 1. The van der Waals surface area contributed by atoms with E-state index in [0.29, 0.717) is 6.54 Å². The average Bonchev–Trinajstić information content (AvgIpc) is 2.94. The summed E-state index contributed by atoms with van der Waals surface area (Å²) in [7, 11) is 0. The van der Waals surface area contributed by atoms with Crippen molar-refractivity contribution in [2.45, 2.75) is 32.9 Å². The van der Waals surface area contributed by atoms with Gasteiger partial charge >= 0.3 is 0 Å². The van der Waals surface area contributed by atoms with E-state index < -0.39 is 5.82 Å². The average molecular weight is 308 g/mol. The van der Waals surface area contributed by atoms with Gasteiger partial charge in [0, 0.05) is 17.5 Å². The van der Waals surface area contributed by atoms with Gasteiger partial charge in [-0.3, -0.25) is 4.79 Å². The van der Waals surface area contributed by atoms with Crippen LogP contribution in [0.2, 0.25) is 0 Å². The Labute approximate surface area is 126 Å². The molecule has 1 amide bonds. The normalized spacial score (nSPS) is 10.6. The number of nitrogens with one attached hydrogen (secondary N) is 1. The number of carbonyl (C=O) groups excluding carboxylic acids is 1. The van der Waals surface area contributed by atoms with Gasteiger partial charge in [-0.2, -0.15) is 0 Å². The highest BCUT2D eigenvalue weighted by atomic mass is 32.1. The molecule has 0 spiro atoms. The number of rotatable bonds is 6. The molecule has 0 fully saturated rings. The van der Waals surface area contributed by atoms with Crippen molar-refractivity contribution in [1.82, 2.24) is 10.3 Å². The third-order valence-corrected chi connectivity index (χ3v) is 4.06. The fourth-order valence-corrected chi connectivity index (χ4v) is 2.62. The Hall–Kier alpha value is -1.79. The number of aliphatic hydroxyl groups excluding tert-OH is 1. The first-order valence-corrected chi connectivity index (χ1v) is 7.58. The molecule has 0 unspecified atom stereocenters. The van der Waals surface area contributed by atoms with Crippen LogP contribution in [0.4, 0.5) is 4.39 Å². The summed E-state index contributed by atoms with van der Waals surface area (Å²) in [6, 6.07) is 4.43. The lowest BCUT2D eigenvalue weighted by atomic mass is 10.1. The SMILES string of the molecule is CCc1nc(CC(=O)NCc2ccc(F)c(CO)c2)cs1. The molecule has 1 aromatic heterocycles. The van der Waals surface area contributed by atoms with Crippen LogP contribution in [0.15, 0.2) is 23.6 Å². The van der Waals surface area contributed by atoms with Crippen molar-refractivity contribution >= 4 is 17.2 Å². The predicted molar refractivity (Wildman–Crippen MR) is 79.4 cm³/mol. The number of halogens is 1. The van der Waals surface area contributed by atoms with Crippen LogP contribution < -0.4 is 5.32 Å². The Kier molecular flexibility index (Phi) is 5.41. The van der Waals surface area contributed by atoms with Crippen LogP contribution in [-0.4, -0.2) is 16.0 Å². The van der Waals surface area contributed by atoms with Crippen LogP contribution in [0.1, 0.15) is 28.8 Å². The summed E-state index contributed by atoms with van der Waals surface area (Å²) < 4.78 is 13.2. The third-order valence-electron chi connectivity index (χ3n) is 3.01. The van der Waals surface area contributed by atoms with Gasteiger partial charge in [-0.15, -0.1) is 11.3 Å². The monoisotopic (exact) mass is 308 g/mol. The molecule has 2 rings (SSSR count). The maximum atomic E-state index is 13.2. The van der Waals surface area contributed by atoms with Gasteiger partial charge in [0.1, 0.15) is 5.82 Å². The number of carbonyl (C=O) groups is 1. The van der Waals surface area contributed by atoms with Crippen LogP contribution in [-0.2, 0) is 30.8 Å². The van der Waals surface area contributed by atoms with E-state index in [9.17, 15) is 9.18 Å². The fourth-order valence-electron chi connectivity index (χ4n) is 1.88. The van der Waals surface area contributed by atoms with E-state index in [-0.39, 0.29) is 24.5 Å². The summed E-state index contributed by atoms with van der Waals surface area (Å²) in [4.78, 5) is 16.2. The van der Waals surface area contributed by atoms with Crippen molar-refractivity contribution in [3.05, 3.63) is 51.2 Å². The molecular weight excluding hydrogens is 291 g/mol. The van der Waals surface area contributed by atoms with Gasteiger partial charge in [-0.05, 0) is 24.1 Å². The van der Waals surface area contributed by atoms with Crippen LogP contribution in [0.3, 0.4) is 0 Å². The summed E-state index contributed by atoms with van der Waals surface area (Å²) in [6.07, 6.45) is 1.11. The molecule has 112 valence electrons. The smallest absolute Gasteiger partial charge is 0.226 e. The third kappa shape index (κ3) is 4.34. The molecule has 1 heterocycles. The molecule has 0 bridgehead atoms. The van der Waals surface area contributed by atoms with Crippen molar-refractivity contribution in [3.8, 4) is 0 Å². The summed E-state index contributed by atoms with van der Waals surface area (Å²) in [5.74, 6) is -0.569. The zero-order valence-corrected chi connectivity index (χ0v) is 12.5. The van der Waals surface area contributed by atoms with Gasteiger partial charge in [-0.25, -0.2) is 9.37 Å². The van der Waals surface area contributed by atoms with E-state index >= 15 is 0 Å². The van der Waals surface area contributed by atoms with Gasteiger partial charge in [-0.1, -0.05) is 13.0 Å². The van der Waals surface area contributed by atoms with Crippen molar-refractivity contribution in [2.24, 2.45) is 0 Å². The minimum absolute atomic E-state index is 0.127. The zero-order chi connectivity index (χ0) is 15.2. The Morgan fingerprint density at radius 2 is 2.29 bits per heavy atom. The summed E-state index contributed by atoms with van der Waals surface area (Å²) >= 11 is 1.55. The first kappa shape index (κ1) is 15.6. The Balaban J connectivity index is 1.89. The number of benzene rings is 1. The molecule has 2 aromatic rings. The van der Waals surface area contributed by atoms with E-state index in [1.54, 1.807) is 23.5 Å². The molecular formula is C15H17FN2O2S. The van der Waals surface area contributed by atoms with Crippen molar-refractivity contribution < 1.29 is 14.3 Å². The quantitative estimate of drug-likeness (QED) is 0.860. The summed E-state index contributed by atoms with van der Waals surface area (Å²) in [5.41, 5.74) is 1.75. The Morgan fingerprint density at radius 1 is 1.48 bits per heavy atom. The second-order valence-corrected chi connectivity index (χ2v) is 5.57. The van der Waals surface area contributed by atoms with E-state index in [1.807, 2.05) is 12.3 Å². The summed E-state index contributed by atoms with van der Waals surface area (Å²) in [5, 5.41) is 14.7. The first-order valence-electron chi connectivity index (χ1n) is 6.70. The molecule has 0 aliphatic carbocycles. The van der Waals surface area contributed by atoms with E-state index in [2.05, 4.69) is 10.3 Å². The molecule has 0 aliphatic rings. The minimum Gasteiger partial charge on any atom is -0.392 e. The number of hydrogen-bond donors (Lipinski definition) is 2. The molecule has 0 saturated carbocycles. The number of aliphatic hydroxyl groups is 1. The highest BCUT2D eigenvalue weighted by Crippen LogP contribution is 2.12. The number of thiazole rings is 1. The van der Waals surface area contributed by atoms with Gasteiger partial charge < -0.3 is 10.4 Å². The fraction of sp³-hybridized carbons (Fsp3) is 0.333. The minimum atomic E-state index is -0.442. The van der Waals surface area contributed by atoms with E-state index in [1.165, 1.54) is 6.07 Å². The van der Waals surface area contributed by atoms with Crippen LogP contribution >= 0.6 is 11.3 Å². The molecule has 1 aromatic carbocycles. The predicted octanol–water partition coefficient (Wildman–Crippen LogP) is 2.20. The van der Waals surface area contributed by atoms with Crippen molar-refractivity contribution in [1.29, 1.82) is 0 Å². The van der Waals surface area contributed by atoms with Gasteiger partial charge in [0.05, 0.1) is 23.7 Å². The molecule has 0 saturated heterocycles. The lowest BCUT2D eigenvalue weighted by molar-refractivity contribution is -0.120. The zero-order valence-electron chi connectivity index (χ0n) is 11.7. The number of amides is 1. The number of hydrogen-bond acceptors (Lipinski definition) is 4. The number of aromatic nitrogens is 1. The topological polar surface area (TPSA) is 62.2 Å². The van der Waals surface area contributed by atoms with Gasteiger partial charge in [0.15, 0.2) is 0 Å². The molecule has 0 atom stereocenters. The second kappa shape index (κ2) is 7.28. The first-order chi connectivity index (χ1) is 10.1. The molecule has 2 N–H and O–H groups in total. The highest BCUT2D eigenvalue weighted by Gasteiger charge is 2.08. The van der Waals surface area contributed by atoms with Crippen LogP contribution in [0.5, 0.6) is 0 Å². The van der Waals surface area contributed by atoms with Gasteiger partial charge in [0.25, 0.3) is 0 Å². The van der Waals surface area contributed by atoms with Crippen molar-refractivity contribution in [3.63, 3.8) is 0 Å². The molecule has 21 heavy (non-hydrogen) atoms. The van der Waals surface area contributed by atoms with E-state index in [0.717, 1.165) is 22.7 Å². The lowest BCUT2D eigenvalue weighted by Crippen LogP contribution is -2.24. The summed E-state index contributed by atoms with van der Waals surface area (Å²) in [6.45, 7) is 1.97. The molecule has 0 radical (unpaired) electrons. The number of nitrogens with zero attached hydrogens (tertiary/aromatic N) is 1. The van der Waals surface area contributed by atoms with Crippen LogP contribution in [0, 0.1) is 5.82 Å². The van der Waals surface area contributed by atoms with Crippen LogP contribution in [0.25, 0.3) is 0 Å². The maximum absolute atomic E-state index is 13.2. The molecule has 4 nitrogen and oxygen atoms in total. The van der Waals surface area contributed by atoms with Gasteiger partial charge in [0.2, 0.25) is 5.91 Å². The maximum Gasteiger partial charge on any atom is 0.226 e. The van der Waals surface area contributed by atoms with E-state index in [4.69, 9.17) is 5.11 Å². The molecule has 6 heteroatoms. The Morgan fingerprint density at radius 3 is 2.95 bits per heavy atom. The Bertz CT molecular complexity index is 628. The standard InChI is InChI=1S/C15H17FN2O2S/c1-2-15-18-12(9-21-15)6-14(20)17-7-10-3-4-13(16)11(5-10)8-19/h3-5,9,19H,2,6-8H2,1H3,(H,17,20). The highest BCUT2D eigenvalue weighted by molar-refractivity contribution is 7.09. The molecule has 0 aliphatic heterocycles.